The van der Waals surface area contributed by atoms with E-state index in [1.807, 2.05) is 0 Å². The fourth-order valence-corrected chi connectivity index (χ4v) is 4.95. The first kappa shape index (κ1) is 29.9. The second kappa shape index (κ2) is 12.1. The molecule has 3 aromatic rings. The van der Waals surface area contributed by atoms with Crippen LogP contribution in [-0.4, -0.2) is 62.3 Å². The van der Waals surface area contributed by atoms with E-state index in [1.54, 1.807) is 18.2 Å². The number of carbonyl (C=O) groups is 1. The van der Waals surface area contributed by atoms with E-state index in [9.17, 15) is 31.1 Å². The lowest BCUT2D eigenvalue weighted by Crippen LogP contribution is -2.39. The summed E-state index contributed by atoms with van der Waals surface area (Å²) in [6.45, 7) is 3.13. The summed E-state index contributed by atoms with van der Waals surface area (Å²) in [6, 6.07) is 5.92. The molecule has 4 rings (SSSR count). The summed E-state index contributed by atoms with van der Waals surface area (Å²) in [4.78, 5) is 21.2. The highest BCUT2D eigenvalue weighted by Gasteiger charge is 2.38. The first-order valence-corrected chi connectivity index (χ1v) is 12.1. The fraction of sp³-hybridized carbons (Fsp3) is 0.417. The quantitative estimate of drug-likeness (QED) is 0.313. The van der Waals surface area contributed by atoms with Gasteiger partial charge in [-0.25, -0.2) is 4.98 Å². The second-order valence-corrected chi connectivity index (χ2v) is 9.40. The maximum absolute atomic E-state index is 13.5. The normalized spacial score (nSPS) is 14.8. The van der Waals surface area contributed by atoms with Gasteiger partial charge < -0.3 is 9.47 Å². The van der Waals surface area contributed by atoms with E-state index in [0.29, 0.717) is 67.4 Å². The molecule has 0 unspecified atom stereocenters. The van der Waals surface area contributed by atoms with Crippen molar-refractivity contribution in [3.05, 3.63) is 53.1 Å². The number of nitrogens with zero attached hydrogens (tertiary/aromatic N) is 3. The number of benzene rings is 2. The number of ether oxygens (including phenoxy) is 2. The zero-order valence-electron chi connectivity index (χ0n) is 20.1. The molecule has 1 saturated heterocycles. The lowest BCUT2D eigenvalue weighted by molar-refractivity contribution is -0.143. The van der Waals surface area contributed by atoms with Crippen LogP contribution in [0.25, 0.3) is 10.2 Å². The number of methoxy groups -OCH3 is 1. The van der Waals surface area contributed by atoms with Crippen LogP contribution in [-0.2, 0) is 17.1 Å². The number of halogens is 7. The van der Waals surface area contributed by atoms with Crippen molar-refractivity contribution in [1.29, 1.82) is 0 Å². The van der Waals surface area contributed by atoms with Crippen LogP contribution in [0.1, 0.15) is 27.9 Å². The standard InChI is InChI=1S/C24H23F6N3O3S.ClH/c1-35-18-3-4-19-20(14-18)37-22(31-19)33(6-2-5-32-7-9-36-10-8-32)21(34)15-11-16(23(25,26)27)13-17(12-15)24(28,29)30;/h3-4,11-14H,2,5-10H2,1H3;1H. The number of amides is 1. The average molecular weight is 584 g/mol. The summed E-state index contributed by atoms with van der Waals surface area (Å²) in [5.74, 6) is -0.454. The highest BCUT2D eigenvalue weighted by Crippen LogP contribution is 2.38. The third kappa shape index (κ3) is 7.07. The van der Waals surface area contributed by atoms with Gasteiger partial charge in [0.1, 0.15) is 5.75 Å². The Balaban J connectivity index is 0.00000400. The Morgan fingerprint density at radius 2 is 1.68 bits per heavy atom. The predicted octanol–water partition coefficient (Wildman–Crippen LogP) is 6.13. The number of rotatable bonds is 7. The third-order valence-corrected chi connectivity index (χ3v) is 6.90. The van der Waals surface area contributed by atoms with Gasteiger partial charge in [0.25, 0.3) is 5.91 Å². The van der Waals surface area contributed by atoms with Crippen LogP contribution in [0.4, 0.5) is 31.5 Å². The molecular formula is C24H24ClF6N3O3S. The molecule has 38 heavy (non-hydrogen) atoms. The maximum atomic E-state index is 13.5. The van der Waals surface area contributed by atoms with Crippen molar-refractivity contribution in [3.63, 3.8) is 0 Å². The van der Waals surface area contributed by atoms with E-state index in [4.69, 9.17) is 9.47 Å². The molecule has 2 aromatic carbocycles. The molecule has 1 aliphatic heterocycles. The number of hydrogen-bond acceptors (Lipinski definition) is 6. The second-order valence-electron chi connectivity index (χ2n) is 8.39. The molecule has 1 aromatic heterocycles. The van der Waals surface area contributed by atoms with E-state index in [0.717, 1.165) is 16.2 Å². The molecule has 2 heterocycles. The van der Waals surface area contributed by atoms with Crippen LogP contribution < -0.4 is 9.64 Å². The summed E-state index contributed by atoms with van der Waals surface area (Å²) >= 11 is 1.10. The minimum absolute atomic E-state index is 0. The largest absolute Gasteiger partial charge is 0.497 e. The van der Waals surface area contributed by atoms with Gasteiger partial charge in [0.05, 0.1) is 41.7 Å². The molecule has 0 spiro atoms. The molecule has 0 atom stereocenters. The first-order chi connectivity index (χ1) is 17.5. The Labute approximate surface area is 224 Å². The summed E-state index contributed by atoms with van der Waals surface area (Å²) in [7, 11) is 1.48. The average Bonchev–Trinajstić information content (AvgIpc) is 3.28. The smallest absolute Gasteiger partial charge is 0.416 e. The van der Waals surface area contributed by atoms with Gasteiger partial charge >= 0.3 is 12.4 Å². The Kier molecular flexibility index (Phi) is 9.50. The zero-order chi connectivity index (χ0) is 26.8. The lowest BCUT2D eigenvalue weighted by atomic mass is 10.0. The van der Waals surface area contributed by atoms with Crippen LogP contribution in [0.2, 0.25) is 0 Å². The molecule has 1 amide bonds. The number of morpholine rings is 1. The van der Waals surface area contributed by atoms with Crippen molar-refractivity contribution in [1.82, 2.24) is 9.88 Å². The number of aromatic nitrogens is 1. The number of anilines is 1. The van der Waals surface area contributed by atoms with Gasteiger partial charge in [-0.2, -0.15) is 26.3 Å². The number of alkyl halides is 6. The molecule has 6 nitrogen and oxygen atoms in total. The van der Waals surface area contributed by atoms with E-state index in [-0.39, 0.29) is 30.1 Å². The molecule has 1 fully saturated rings. The number of carbonyl (C=O) groups excluding carboxylic acids is 1. The van der Waals surface area contributed by atoms with Crippen molar-refractivity contribution in [2.24, 2.45) is 0 Å². The van der Waals surface area contributed by atoms with Gasteiger partial charge in [0.15, 0.2) is 5.13 Å². The highest BCUT2D eigenvalue weighted by molar-refractivity contribution is 7.22. The van der Waals surface area contributed by atoms with Gasteiger partial charge in [-0.1, -0.05) is 11.3 Å². The number of fused-ring (bicyclic) bond motifs is 1. The van der Waals surface area contributed by atoms with Crippen molar-refractivity contribution in [3.8, 4) is 5.75 Å². The van der Waals surface area contributed by atoms with E-state index < -0.39 is 35.0 Å². The highest BCUT2D eigenvalue weighted by atomic mass is 35.5. The SMILES string of the molecule is COc1ccc2nc(N(CCCN3CCOCC3)C(=O)c3cc(C(F)(F)F)cc(C(F)(F)F)c3)sc2c1.Cl. The molecule has 14 heteroatoms. The number of hydrogen-bond donors (Lipinski definition) is 0. The molecule has 0 N–H and O–H groups in total. The van der Waals surface area contributed by atoms with Crippen molar-refractivity contribution in [2.75, 3.05) is 51.4 Å². The Bertz CT molecular complexity index is 1230. The Hall–Kier alpha value is -2.61. The van der Waals surface area contributed by atoms with Gasteiger partial charge in [0, 0.05) is 31.7 Å². The Morgan fingerprint density at radius 1 is 1.05 bits per heavy atom. The first-order valence-electron chi connectivity index (χ1n) is 11.3. The summed E-state index contributed by atoms with van der Waals surface area (Å²) in [6.07, 6.45) is -9.70. The maximum Gasteiger partial charge on any atom is 0.416 e. The van der Waals surface area contributed by atoms with Gasteiger partial charge in [-0.3, -0.25) is 14.6 Å². The summed E-state index contributed by atoms with van der Waals surface area (Å²) < 4.78 is 91.6. The lowest BCUT2D eigenvalue weighted by Gasteiger charge is -2.28. The molecular weight excluding hydrogens is 560 g/mol. The minimum atomic E-state index is -5.07. The zero-order valence-corrected chi connectivity index (χ0v) is 21.7. The topological polar surface area (TPSA) is 54.9 Å². The molecule has 1 aliphatic rings. The summed E-state index contributed by atoms with van der Waals surface area (Å²) in [5.41, 5.74) is -3.29. The van der Waals surface area contributed by atoms with Gasteiger partial charge in [0.2, 0.25) is 0 Å². The van der Waals surface area contributed by atoms with Crippen LogP contribution in [0, 0.1) is 0 Å². The fourth-order valence-electron chi connectivity index (χ4n) is 3.93. The van der Waals surface area contributed by atoms with Crippen molar-refractivity contribution >= 4 is 45.0 Å². The Morgan fingerprint density at radius 3 is 2.26 bits per heavy atom. The monoisotopic (exact) mass is 583 g/mol. The van der Waals surface area contributed by atoms with E-state index in [1.165, 1.54) is 7.11 Å². The van der Waals surface area contributed by atoms with Crippen molar-refractivity contribution < 1.29 is 40.6 Å². The third-order valence-electron chi connectivity index (χ3n) is 5.85. The van der Waals surface area contributed by atoms with Crippen LogP contribution in [0.3, 0.4) is 0 Å². The van der Waals surface area contributed by atoms with Crippen molar-refractivity contribution in [2.45, 2.75) is 18.8 Å². The van der Waals surface area contributed by atoms with Crippen LogP contribution in [0.5, 0.6) is 5.75 Å². The molecule has 0 aliphatic carbocycles. The molecule has 0 bridgehead atoms. The number of thiazole rings is 1. The summed E-state index contributed by atoms with van der Waals surface area (Å²) in [5, 5.41) is 0.168. The van der Waals surface area contributed by atoms with Gasteiger partial charge in [-0.15, -0.1) is 12.4 Å². The van der Waals surface area contributed by atoms with Gasteiger partial charge in [-0.05, 0) is 42.8 Å². The predicted molar refractivity (Wildman–Crippen MR) is 133 cm³/mol. The van der Waals surface area contributed by atoms with Crippen LogP contribution in [0.15, 0.2) is 36.4 Å². The molecule has 208 valence electrons. The minimum Gasteiger partial charge on any atom is -0.497 e. The van der Waals surface area contributed by atoms with E-state index in [2.05, 4.69) is 9.88 Å². The molecule has 0 radical (unpaired) electrons. The van der Waals surface area contributed by atoms with Crippen LogP contribution >= 0.6 is 23.7 Å². The molecule has 0 saturated carbocycles. The van der Waals surface area contributed by atoms with E-state index >= 15 is 0 Å².